The Kier molecular flexibility index (Phi) is 5.73. The summed E-state index contributed by atoms with van der Waals surface area (Å²) >= 11 is 0. The zero-order chi connectivity index (χ0) is 12.1. The quantitative estimate of drug-likeness (QED) is 0.705. The molecule has 3 nitrogen and oxygen atoms in total. The summed E-state index contributed by atoms with van der Waals surface area (Å²) in [5.74, 6) is 0. The van der Waals surface area contributed by atoms with E-state index in [1.54, 1.807) is 0 Å². The fourth-order valence-corrected chi connectivity index (χ4v) is 2.64. The maximum atomic E-state index is 2.52. The molecular formula is C13H29N3. The molecule has 1 saturated heterocycles. The maximum Gasteiger partial charge on any atom is 0.0217 e. The van der Waals surface area contributed by atoms with Crippen LogP contribution in [-0.4, -0.2) is 74.1 Å². The van der Waals surface area contributed by atoms with Gasteiger partial charge in [0.15, 0.2) is 0 Å². The first-order chi connectivity index (χ1) is 7.58. The second kappa shape index (κ2) is 6.58. The molecule has 1 rings (SSSR count). The van der Waals surface area contributed by atoms with Crippen molar-refractivity contribution >= 4 is 0 Å². The van der Waals surface area contributed by atoms with Crippen molar-refractivity contribution in [3.05, 3.63) is 0 Å². The van der Waals surface area contributed by atoms with Crippen LogP contribution in [0, 0.1) is 0 Å². The van der Waals surface area contributed by atoms with Crippen LogP contribution in [-0.2, 0) is 0 Å². The van der Waals surface area contributed by atoms with Gasteiger partial charge >= 0.3 is 0 Å². The van der Waals surface area contributed by atoms with Crippen molar-refractivity contribution in [2.24, 2.45) is 0 Å². The molecule has 1 aliphatic rings. The molecular weight excluding hydrogens is 198 g/mol. The molecule has 0 amide bonds. The van der Waals surface area contributed by atoms with Gasteiger partial charge in [-0.05, 0) is 34.0 Å². The van der Waals surface area contributed by atoms with Crippen LogP contribution in [0.15, 0.2) is 0 Å². The summed E-state index contributed by atoms with van der Waals surface area (Å²) < 4.78 is 0. The number of nitrogens with zero attached hydrogens (tertiary/aromatic N) is 3. The first kappa shape index (κ1) is 13.9. The molecule has 1 heterocycles. The molecule has 0 spiro atoms. The van der Waals surface area contributed by atoms with E-state index in [0.29, 0.717) is 12.1 Å². The van der Waals surface area contributed by atoms with E-state index >= 15 is 0 Å². The predicted octanol–water partition coefficient (Wildman–Crippen LogP) is 1.35. The van der Waals surface area contributed by atoms with Crippen LogP contribution in [0.2, 0.25) is 0 Å². The predicted molar refractivity (Wildman–Crippen MR) is 70.9 cm³/mol. The summed E-state index contributed by atoms with van der Waals surface area (Å²) in [6.07, 6.45) is 2.50. The van der Waals surface area contributed by atoms with Crippen molar-refractivity contribution < 1.29 is 0 Å². The molecule has 0 radical (unpaired) electrons. The standard InChI is InChI=1S/C13H29N3/c1-6-12-10-14(3)11-13(7-2)16(5)9-8-15(12)4/h12-13H,6-11H2,1-5H3. The molecule has 0 aliphatic carbocycles. The molecule has 0 aromatic heterocycles. The minimum atomic E-state index is 0.717. The van der Waals surface area contributed by atoms with Gasteiger partial charge in [-0.15, -0.1) is 0 Å². The maximum absolute atomic E-state index is 2.52. The summed E-state index contributed by atoms with van der Waals surface area (Å²) in [7, 11) is 6.79. The second-order valence-corrected chi connectivity index (χ2v) is 5.31. The Morgan fingerprint density at radius 1 is 0.812 bits per heavy atom. The normalized spacial score (nSPS) is 32.1. The van der Waals surface area contributed by atoms with E-state index < -0.39 is 0 Å². The summed E-state index contributed by atoms with van der Waals surface area (Å²) in [5.41, 5.74) is 0. The molecule has 2 unspecified atom stereocenters. The zero-order valence-corrected chi connectivity index (χ0v) is 11.7. The smallest absolute Gasteiger partial charge is 0.0217 e. The third-order valence-corrected chi connectivity index (χ3v) is 4.04. The summed E-state index contributed by atoms with van der Waals surface area (Å²) in [6.45, 7) is 9.40. The topological polar surface area (TPSA) is 9.72 Å². The number of hydrogen-bond donors (Lipinski definition) is 0. The fourth-order valence-electron chi connectivity index (χ4n) is 2.64. The number of hydrogen-bond acceptors (Lipinski definition) is 3. The Labute approximate surface area is 101 Å². The molecule has 96 valence electrons. The lowest BCUT2D eigenvalue weighted by Gasteiger charge is -2.30. The van der Waals surface area contributed by atoms with E-state index in [0.717, 1.165) is 0 Å². The Hall–Kier alpha value is -0.120. The van der Waals surface area contributed by atoms with Gasteiger partial charge in [0, 0.05) is 38.3 Å². The molecule has 0 aromatic carbocycles. The highest BCUT2D eigenvalue weighted by Gasteiger charge is 2.22. The first-order valence-electron chi connectivity index (χ1n) is 6.67. The van der Waals surface area contributed by atoms with Gasteiger partial charge in [0.1, 0.15) is 0 Å². The van der Waals surface area contributed by atoms with Crippen LogP contribution >= 0.6 is 0 Å². The van der Waals surface area contributed by atoms with Crippen molar-refractivity contribution in [3.8, 4) is 0 Å². The van der Waals surface area contributed by atoms with Crippen molar-refractivity contribution in [1.82, 2.24) is 14.7 Å². The lowest BCUT2D eigenvalue weighted by atomic mass is 10.1. The van der Waals surface area contributed by atoms with Gasteiger partial charge in [0.25, 0.3) is 0 Å². The van der Waals surface area contributed by atoms with E-state index in [1.165, 1.54) is 39.0 Å². The SMILES string of the molecule is CCC1CN(C)CC(CC)N(C)CCN1C. The van der Waals surface area contributed by atoms with E-state index in [9.17, 15) is 0 Å². The highest BCUT2D eigenvalue weighted by Crippen LogP contribution is 2.11. The molecule has 3 heteroatoms. The highest BCUT2D eigenvalue weighted by molar-refractivity contribution is 4.79. The van der Waals surface area contributed by atoms with Gasteiger partial charge in [0.2, 0.25) is 0 Å². The molecule has 1 fully saturated rings. The zero-order valence-electron chi connectivity index (χ0n) is 11.7. The fraction of sp³-hybridized carbons (Fsp3) is 1.00. The Bertz CT molecular complexity index is 176. The van der Waals surface area contributed by atoms with Gasteiger partial charge in [-0.3, -0.25) is 0 Å². The average Bonchev–Trinajstić information content (AvgIpc) is 2.32. The van der Waals surface area contributed by atoms with E-state index in [4.69, 9.17) is 0 Å². The van der Waals surface area contributed by atoms with Crippen molar-refractivity contribution in [1.29, 1.82) is 0 Å². The van der Waals surface area contributed by atoms with Crippen LogP contribution in [0.25, 0.3) is 0 Å². The van der Waals surface area contributed by atoms with Crippen LogP contribution in [0.4, 0.5) is 0 Å². The first-order valence-corrected chi connectivity index (χ1v) is 6.67. The molecule has 2 atom stereocenters. The van der Waals surface area contributed by atoms with Crippen LogP contribution in [0.3, 0.4) is 0 Å². The largest absolute Gasteiger partial charge is 0.303 e. The minimum Gasteiger partial charge on any atom is -0.303 e. The van der Waals surface area contributed by atoms with E-state index in [2.05, 4.69) is 49.7 Å². The van der Waals surface area contributed by atoms with Crippen molar-refractivity contribution in [2.45, 2.75) is 38.8 Å². The highest BCUT2D eigenvalue weighted by atomic mass is 15.3. The molecule has 0 saturated carbocycles. The average molecular weight is 227 g/mol. The van der Waals surface area contributed by atoms with Crippen molar-refractivity contribution in [3.63, 3.8) is 0 Å². The lowest BCUT2D eigenvalue weighted by Crippen LogP contribution is -2.42. The molecule has 0 N–H and O–H groups in total. The summed E-state index contributed by atoms with van der Waals surface area (Å²) in [4.78, 5) is 7.54. The minimum absolute atomic E-state index is 0.717. The van der Waals surface area contributed by atoms with E-state index in [1.807, 2.05) is 0 Å². The Balaban J connectivity index is 2.67. The molecule has 1 aliphatic heterocycles. The van der Waals surface area contributed by atoms with Crippen LogP contribution in [0.5, 0.6) is 0 Å². The lowest BCUT2D eigenvalue weighted by molar-refractivity contribution is 0.183. The van der Waals surface area contributed by atoms with E-state index in [-0.39, 0.29) is 0 Å². The molecule has 16 heavy (non-hydrogen) atoms. The third kappa shape index (κ3) is 3.72. The summed E-state index contributed by atoms with van der Waals surface area (Å²) in [6, 6.07) is 1.43. The molecule has 0 bridgehead atoms. The van der Waals surface area contributed by atoms with Gasteiger partial charge in [-0.2, -0.15) is 0 Å². The Morgan fingerprint density at radius 2 is 1.19 bits per heavy atom. The van der Waals surface area contributed by atoms with Crippen LogP contribution in [0.1, 0.15) is 26.7 Å². The molecule has 0 aromatic rings. The number of likely N-dealkylation sites (N-methyl/N-ethyl adjacent to an activating group) is 3. The third-order valence-electron chi connectivity index (χ3n) is 4.04. The van der Waals surface area contributed by atoms with Crippen LogP contribution < -0.4 is 0 Å². The monoisotopic (exact) mass is 227 g/mol. The Morgan fingerprint density at radius 3 is 1.50 bits per heavy atom. The van der Waals surface area contributed by atoms with Gasteiger partial charge < -0.3 is 14.7 Å². The summed E-state index contributed by atoms with van der Waals surface area (Å²) in [5, 5.41) is 0. The van der Waals surface area contributed by atoms with Crippen molar-refractivity contribution in [2.75, 3.05) is 47.3 Å². The van der Waals surface area contributed by atoms with Gasteiger partial charge in [-0.1, -0.05) is 13.8 Å². The van der Waals surface area contributed by atoms with Gasteiger partial charge in [0.05, 0.1) is 0 Å². The number of rotatable bonds is 2. The van der Waals surface area contributed by atoms with Gasteiger partial charge in [-0.25, -0.2) is 0 Å². The second-order valence-electron chi connectivity index (χ2n) is 5.31.